The first-order chi connectivity index (χ1) is 61.6. The van der Waals surface area contributed by atoms with Crippen molar-refractivity contribution < 1.29 is 68.6 Å². The van der Waals surface area contributed by atoms with Crippen molar-refractivity contribution >= 4 is 77.6 Å². The first-order valence-electron chi connectivity index (χ1n) is 43.9. The maximum absolute atomic E-state index is 12.7. The standard InChI is InChI=1S/C35H39O5S.C30H39S.C24H23O4S.C21H18F3O3S2/c1-23-14-31(41(29-10-6-4-7-11-29)30-12-8-5-9-13-30)15-24(2)34(23)39-21-32(36)38-22-33(37)40-35(3)27-17-25-16-26(19-27)20-28(35)18-25;1-28(2,3)22-10-16-25(17-11-22)31(26-18-12-23(13-19-26)29(4,5)6)27-20-14-24(15-21-27)30(7,8)9;1-17-14-22(15-18(2)24(17)28-23(26)16-27-19(3)25)29(20-10-6-4-7-11-20)21-12-8-5-9-13-21;1-15-13-19(14-16(2)20(15)27-29(25,26)21(22,23)24)28(17-9-5-3-6-10-17)18-11-7-4-8-12-18/h4-15,25-28H,16-22H2,1-3H3;10-21H,1-9H3;4-15H,16H2,1-3H3;3-14H,1-2H3/q4*+1. The second kappa shape index (κ2) is 42.6. The minimum Gasteiger partial charge on any atom is -0.481 e. The van der Waals surface area contributed by atoms with Crippen LogP contribution in [0.1, 0.15) is 158 Å². The predicted molar refractivity (Wildman–Crippen MR) is 516 cm³/mol. The van der Waals surface area contributed by atoms with Crippen LogP contribution in [0.5, 0.6) is 17.2 Å². The van der Waals surface area contributed by atoms with Gasteiger partial charge in [-0.15, -0.1) is 0 Å². The third-order valence-corrected chi connectivity index (χ3v) is 33.4. The molecule has 12 aromatic rings. The summed E-state index contributed by atoms with van der Waals surface area (Å²) in [5.74, 6) is 1.19. The topological polar surface area (TPSA) is 158 Å². The molecule has 0 amide bonds. The van der Waals surface area contributed by atoms with Crippen molar-refractivity contribution in [1.82, 2.24) is 0 Å². The summed E-state index contributed by atoms with van der Waals surface area (Å²) in [7, 11) is -6.91. The van der Waals surface area contributed by atoms with Gasteiger partial charge < -0.3 is 27.9 Å². The second-order valence-corrected chi connectivity index (χ2v) is 46.4. The zero-order chi connectivity index (χ0) is 93.6. The number of esters is 4. The van der Waals surface area contributed by atoms with E-state index in [2.05, 4.69) is 243 Å². The number of ether oxygens (including phenoxy) is 5. The Morgan fingerprint density at radius 1 is 0.338 bits per heavy atom. The monoisotopic (exact) mass is 1850 g/mol. The molecule has 0 atom stereocenters. The quantitative estimate of drug-likeness (QED) is 0.0149. The van der Waals surface area contributed by atoms with Crippen molar-refractivity contribution in [2.45, 2.75) is 236 Å². The van der Waals surface area contributed by atoms with Crippen LogP contribution in [0.4, 0.5) is 13.2 Å². The highest BCUT2D eigenvalue weighted by atomic mass is 32.2. The molecule has 0 N–H and O–H groups in total. The van der Waals surface area contributed by atoms with Gasteiger partial charge in [-0.2, -0.15) is 21.6 Å². The minimum atomic E-state index is -5.73. The number of alkyl halides is 3. The Hall–Kier alpha value is -10.7. The molecule has 12 aromatic carbocycles. The Morgan fingerprint density at radius 3 is 0.877 bits per heavy atom. The molecule has 4 aliphatic carbocycles. The number of rotatable bonds is 23. The molecule has 0 saturated heterocycles. The molecule has 20 heteroatoms. The summed E-state index contributed by atoms with van der Waals surface area (Å²) in [6.07, 6.45) is 5.96. The highest BCUT2D eigenvalue weighted by Gasteiger charge is 2.57. The van der Waals surface area contributed by atoms with Crippen LogP contribution in [0, 0.1) is 65.2 Å². The van der Waals surface area contributed by atoms with Gasteiger partial charge >= 0.3 is 39.5 Å². The van der Waals surface area contributed by atoms with Gasteiger partial charge in [0.15, 0.2) is 78.6 Å². The SMILES string of the molecule is CC(=O)OCC(=O)Oc1c(C)cc([S+](c2ccccc2)c2ccccc2)cc1C.CC(C)(C)c1ccc([S+](c2ccc(C(C)(C)C)cc2)c2ccc(C(C)(C)C)cc2)cc1.Cc1cc([S+](c2ccccc2)c2ccccc2)cc(C)c1OCC(=O)OCC(=O)OC1(C)C2CC3CC(C2)CC1C3.Cc1cc([S+](c2ccccc2)c2ccccc2)cc(C)c1OS(=O)(=O)C(F)(F)F. The fourth-order valence-electron chi connectivity index (χ4n) is 17.2. The Kier molecular flexibility index (Phi) is 32.2. The second-order valence-electron chi connectivity index (χ2n) is 36.7. The van der Waals surface area contributed by atoms with Crippen LogP contribution in [0.15, 0.2) is 350 Å². The molecule has 4 fully saturated rings. The maximum atomic E-state index is 12.7. The van der Waals surface area contributed by atoms with Crippen molar-refractivity contribution in [3.8, 4) is 17.2 Å². The van der Waals surface area contributed by atoms with E-state index in [1.165, 1.54) is 83.0 Å². The molecule has 4 bridgehead atoms. The molecule has 16 rings (SSSR count). The number of carbonyl (C=O) groups excluding carboxylic acids is 4. The molecule has 678 valence electrons. The normalized spacial score (nSPS) is 16.4. The lowest BCUT2D eigenvalue weighted by Crippen LogP contribution is -2.58. The number of hydrogen-bond acceptors (Lipinski definition) is 12. The van der Waals surface area contributed by atoms with Crippen molar-refractivity contribution in [3.05, 3.63) is 341 Å². The molecule has 4 saturated carbocycles. The van der Waals surface area contributed by atoms with Crippen molar-refractivity contribution in [3.63, 3.8) is 0 Å². The third kappa shape index (κ3) is 25.1. The lowest BCUT2D eigenvalue weighted by Gasteiger charge is -2.59. The molecule has 12 nitrogen and oxygen atoms in total. The Balaban J connectivity index is 0.000000159. The van der Waals surface area contributed by atoms with Crippen molar-refractivity contribution in [2.75, 3.05) is 19.8 Å². The smallest absolute Gasteiger partial charge is 0.481 e. The molecule has 0 unspecified atom stereocenters. The van der Waals surface area contributed by atoms with Gasteiger partial charge in [-0.05, 0) is 280 Å². The van der Waals surface area contributed by atoms with E-state index in [-0.39, 0.29) is 67.9 Å². The Morgan fingerprint density at radius 2 is 0.600 bits per heavy atom. The fourth-order valence-corrected chi connectivity index (χ4v) is 26.6. The van der Waals surface area contributed by atoms with Gasteiger partial charge in [-0.25, -0.2) is 14.4 Å². The van der Waals surface area contributed by atoms with Gasteiger partial charge in [0.05, 0.1) is 43.6 Å². The summed E-state index contributed by atoms with van der Waals surface area (Å²) in [6.45, 7) is 33.7. The summed E-state index contributed by atoms with van der Waals surface area (Å²) in [5, 5.41) is 0. The van der Waals surface area contributed by atoms with E-state index in [1.54, 1.807) is 12.1 Å². The predicted octanol–water partition coefficient (Wildman–Crippen LogP) is 26.2. The summed E-state index contributed by atoms with van der Waals surface area (Å²) >= 11 is 0. The third-order valence-electron chi connectivity index (χ3n) is 23.6. The number of hydrogen-bond donors (Lipinski definition) is 0. The summed E-state index contributed by atoms with van der Waals surface area (Å²) in [4.78, 5) is 62.5. The first kappa shape index (κ1) is 98.3. The zero-order valence-corrected chi connectivity index (χ0v) is 81.3. The van der Waals surface area contributed by atoms with Crippen LogP contribution in [-0.4, -0.2) is 63.2 Å². The molecule has 0 heterocycles. The highest BCUT2D eigenvalue weighted by molar-refractivity contribution is 7.98. The minimum absolute atomic E-state index is 0.120. The van der Waals surface area contributed by atoms with Gasteiger partial charge in [-0.3, -0.25) is 4.79 Å². The summed E-state index contributed by atoms with van der Waals surface area (Å²) in [6, 6.07) is 101. The van der Waals surface area contributed by atoms with Crippen LogP contribution in [-0.2, 0) is 103 Å². The summed E-state index contributed by atoms with van der Waals surface area (Å²) in [5.41, 5.74) is 2.99. The number of benzene rings is 12. The van der Waals surface area contributed by atoms with Gasteiger partial charge in [0.2, 0.25) is 0 Å². The maximum Gasteiger partial charge on any atom is 0.534 e. The van der Waals surface area contributed by atoms with E-state index in [4.69, 9.17) is 23.7 Å². The van der Waals surface area contributed by atoms with E-state index in [0.717, 1.165) is 79.4 Å². The van der Waals surface area contributed by atoms with Gasteiger partial charge in [-0.1, -0.05) is 208 Å². The number of aryl methyl sites for hydroxylation is 6. The lowest BCUT2D eigenvalue weighted by molar-refractivity contribution is -0.207. The van der Waals surface area contributed by atoms with E-state index in [1.807, 2.05) is 137 Å². The van der Waals surface area contributed by atoms with Gasteiger partial charge in [0.25, 0.3) is 0 Å². The van der Waals surface area contributed by atoms with Crippen LogP contribution >= 0.6 is 0 Å². The van der Waals surface area contributed by atoms with Gasteiger partial charge in [0, 0.05) is 43.3 Å². The molecule has 0 aliphatic heterocycles. The molecule has 4 aliphatic rings. The first-order valence-corrected chi connectivity index (χ1v) is 50.2. The molecule has 130 heavy (non-hydrogen) atoms. The lowest BCUT2D eigenvalue weighted by atomic mass is 9.50. The molecule has 0 aromatic heterocycles. The van der Waals surface area contributed by atoms with Crippen molar-refractivity contribution in [2.24, 2.45) is 23.7 Å². The van der Waals surface area contributed by atoms with Crippen LogP contribution in [0.2, 0.25) is 0 Å². The zero-order valence-electron chi connectivity index (χ0n) is 77.3. The molecular weight excluding hydrogens is 1730 g/mol. The van der Waals surface area contributed by atoms with E-state index >= 15 is 0 Å². The van der Waals surface area contributed by atoms with Crippen LogP contribution < -0.4 is 13.7 Å². The average Bonchev–Trinajstić information content (AvgIpc) is 0.730. The number of halogens is 3. The van der Waals surface area contributed by atoms with E-state index in [0.29, 0.717) is 34.5 Å². The number of carbonyl (C=O) groups is 4. The molecular formula is C110H119F3O12S5+4. The largest absolute Gasteiger partial charge is 0.534 e. The Labute approximate surface area is 778 Å². The highest BCUT2D eigenvalue weighted by Crippen LogP contribution is 2.60. The summed E-state index contributed by atoms with van der Waals surface area (Å²) < 4.78 is 92.9. The van der Waals surface area contributed by atoms with E-state index in [9.17, 15) is 40.8 Å². The Bertz CT molecular complexity index is 5610. The van der Waals surface area contributed by atoms with Crippen LogP contribution in [0.25, 0.3) is 0 Å². The van der Waals surface area contributed by atoms with E-state index < -0.39 is 62.6 Å². The fraction of sp³-hybridized carbons (Fsp3) is 0.309. The van der Waals surface area contributed by atoms with Gasteiger partial charge in [0.1, 0.15) is 22.8 Å². The average molecular weight is 1850 g/mol. The molecule has 0 radical (unpaired) electrons. The van der Waals surface area contributed by atoms with Crippen LogP contribution in [0.3, 0.4) is 0 Å². The van der Waals surface area contributed by atoms with Crippen molar-refractivity contribution in [1.29, 1.82) is 0 Å². The molecule has 0 spiro atoms.